The van der Waals surface area contributed by atoms with Crippen LogP contribution in [-0.2, 0) is 14.8 Å². The lowest BCUT2D eigenvalue weighted by Gasteiger charge is -2.15. The molecule has 0 radical (unpaired) electrons. The minimum Gasteiger partial charge on any atom is -0.465 e. The lowest BCUT2D eigenvalue weighted by Crippen LogP contribution is -2.27. The van der Waals surface area contributed by atoms with Gasteiger partial charge in [-0.3, -0.25) is 4.79 Å². The Morgan fingerprint density at radius 1 is 1.00 bits per heavy atom. The molecule has 8 heteroatoms. The van der Waals surface area contributed by atoms with Gasteiger partial charge in [-0.1, -0.05) is 12.1 Å². The number of carbonyl (C=O) groups excluding carboxylic acids is 2. The number of esters is 1. The summed E-state index contributed by atoms with van der Waals surface area (Å²) in [5.74, 6) is -1.01. The van der Waals surface area contributed by atoms with Gasteiger partial charge in [0, 0.05) is 18.7 Å². The van der Waals surface area contributed by atoms with Gasteiger partial charge in [0.1, 0.15) is 0 Å². The highest BCUT2D eigenvalue weighted by Crippen LogP contribution is 2.22. The average Bonchev–Trinajstić information content (AvgIpc) is 3.23. The molecule has 0 atom stereocenters. The van der Waals surface area contributed by atoms with Crippen molar-refractivity contribution >= 4 is 27.6 Å². The van der Waals surface area contributed by atoms with Gasteiger partial charge in [-0.2, -0.15) is 4.31 Å². The topological polar surface area (TPSA) is 92.8 Å². The summed E-state index contributed by atoms with van der Waals surface area (Å²) in [5.41, 5.74) is 0.847. The van der Waals surface area contributed by atoms with Crippen molar-refractivity contribution in [1.82, 2.24) is 4.31 Å². The van der Waals surface area contributed by atoms with Crippen LogP contribution in [0.5, 0.6) is 0 Å². The Balaban J connectivity index is 1.78. The molecule has 27 heavy (non-hydrogen) atoms. The van der Waals surface area contributed by atoms with Crippen LogP contribution >= 0.6 is 0 Å². The smallest absolute Gasteiger partial charge is 0.339 e. The summed E-state index contributed by atoms with van der Waals surface area (Å²) in [4.78, 5) is 24.4. The minimum atomic E-state index is -3.52. The number of para-hydroxylation sites is 1. The Morgan fingerprint density at radius 2 is 1.63 bits per heavy atom. The van der Waals surface area contributed by atoms with E-state index in [1.54, 1.807) is 24.3 Å². The van der Waals surface area contributed by atoms with E-state index in [0.717, 1.165) is 12.8 Å². The molecule has 0 spiro atoms. The molecule has 0 unspecified atom stereocenters. The van der Waals surface area contributed by atoms with Gasteiger partial charge in [-0.15, -0.1) is 0 Å². The number of nitrogens with one attached hydrogen (secondary N) is 1. The average molecular weight is 388 g/mol. The van der Waals surface area contributed by atoms with Crippen molar-refractivity contribution in [2.45, 2.75) is 17.7 Å². The zero-order valence-corrected chi connectivity index (χ0v) is 15.7. The number of ether oxygens (including phenoxy) is 1. The maximum absolute atomic E-state index is 12.5. The molecule has 1 fully saturated rings. The number of amides is 1. The van der Waals surface area contributed by atoms with Gasteiger partial charge in [0.15, 0.2) is 0 Å². The summed E-state index contributed by atoms with van der Waals surface area (Å²) < 4.78 is 31.2. The van der Waals surface area contributed by atoms with E-state index in [9.17, 15) is 18.0 Å². The van der Waals surface area contributed by atoms with Gasteiger partial charge >= 0.3 is 5.97 Å². The zero-order valence-electron chi connectivity index (χ0n) is 14.8. The second-order valence-electron chi connectivity index (χ2n) is 6.13. The Bertz CT molecular complexity index is 948. The van der Waals surface area contributed by atoms with E-state index in [4.69, 9.17) is 4.74 Å². The number of hydrogen-bond donors (Lipinski definition) is 1. The first-order chi connectivity index (χ1) is 12.9. The standard InChI is InChI=1S/C19H20N2O5S/c1-26-19(23)16-6-2-3-7-17(16)20-18(22)14-8-10-15(11-9-14)27(24,25)21-12-4-5-13-21/h2-3,6-11H,4-5,12-13H2,1H3,(H,20,22). The fourth-order valence-electron chi connectivity index (χ4n) is 2.93. The molecule has 2 aromatic carbocycles. The summed E-state index contributed by atoms with van der Waals surface area (Å²) >= 11 is 0. The van der Waals surface area contributed by atoms with Crippen molar-refractivity contribution < 1.29 is 22.7 Å². The summed E-state index contributed by atoms with van der Waals surface area (Å²) in [6, 6.07) is 12.3. The van der Waals surface area contributed by atoms with Crippen LogP contribution in [0.1, 0.15) is 33.6 Å². The van der Waals surface area contributed by atoms with Gasteiger partial charge in [0.05, 0.1) is 23.3 Å². The third-order valence-corrected chi connectivity index (χ3v) is 6.31. The van der Waals surface area contributed by atoms with E-state index >= 15 is 0 Å². The molecule has 1 amide bonds. The molecule has 1 saturated heterocycles. The SMILES string of the molecule is COC(=O)c1ccccc1NC(=O)c1ccc(S(=O)(=O)N2CCCC2)cc1. The first kappa shape index (κ1) is 19.1. The van der Waals surface area contributed by atoms with Crippen molar-refractivity contribution in [3.63, 3.8) is 0 Å². The summed E-state index contributed by atoms with van der Waals surface area (Å²) in [7, 11) is -2.26. The van der Waals surface area contributed by atoms with Gasteiger partial charge in [0.2, 0.25) is 10.0 Å². The molecule has 7 nitrogen and oxygen atoms in total. The Kier molecular flexibility index (Phi) is 5.57. The van der Waals surface area contributed by atoms with Crippen LogP contribution in [0.4, 0.5) is 5.69 Å². The number of anilines is 1. The fraction of sp³-hybridized carbons (Fsp3) is 0.263. The van der Waals surface area contributed by atoms with Gasteiger partial charge < -0.3 is 10.1 Å². The van der Waals surface area contributed by atoms with E-state index in [-0.39, 0.29) is 16.0 Å². The van der Waals surface area contributed by atoms with Gasteiger partial charge in [0.25, 0.3) is 5.91 Å². The number of carbonyl (C=O) groups is 2. The molecule has 142 valence electrons. The number of nitrogens with zero attached hydrogens (tertiary/aromatic N) is 1. The van der Waals surface area contributed by atoms with E-state index < -0.39 is 21.9 Å². The number of rotatable bonds is 5. The molecule has 1 aliphatic heterocycles. The van der Waals surface area contributed by atoms with Crippen LogP contribution in [-0.4, -0.2) is 44.8 Å². The largest absolute Gasteiger partial charge is 0.465 e. The molecule has 0 bridgehead atoms. The van der Waals surface area contributed by atoms with Gasteiger partial charge in [-0.25, -0.2) is 13.2 Å². The van der Waals surface area contributed by atoms with Crippen LogP contribution in [0.2, 0.25) is 0 Å². The number of sulfonamides is 1. The van der Waals surface area contributed by atoms with E-state index in [1.807, 2.05) is 0 Å². The lowest BCUT2D eigenvalue weighted by molar-refractivity contribution is 0.0602. The molecule has 0 aliphatic carbocycles. The highest BCUT2D eigenvalue weighted by atomic mass is 32.2. The molecule has 1 N–H and O–H groups in total. The number of methoxy groups -OCH3 is 1. The Morgan fingerprint density at radius 3 is 2.26 bits per heavy atom. The molecule has 3 rings (SSSR count). The number of hydrogen-bond acceptors (Lipinski definition) is 5. The third-order valence-electron chi connectivity index (χ3n) is 4.40. The van der Waals surface area contributed by atoms with E-state index in [0.29, 0.717) is 18.8 Å². The molecule has 2 aromatic rings. The predicted octanol–water partition coefficient (Wildman–Crippen LogP) is 2.51. The fourth-order valence-corrected chi connectivity index (χ4v) is 4.45. The highest BCUT2D eigenvalue weighted by molar-refractivity contribution is 7.89. The molecular weight excluding hydrogens is 368 g/mol. The normalized spacial score (nSPS) is 14.7. The first-order valence-corrected chi connectivity index (χ1v) is 9.96. The summed E-state index contributed by atoms with van der Waals surface area (Å²) in [6.45, 7) is 1.05. The molecule has 0 aromatic heterocycles. The van der Waals surface area contributed by atoms with Crippen LogP contribution in [0.15, 0.2) is 53.4 Å². The molecule has 1 heterocycles. The summed E-state index contributed by atoms with van der Waals surface area (Å²) in [6.07, 6.45) is 1.72. The molecular formula is C19H20N2O5S. The lowest BCUT2D eigenvalue weighted by atomic mass is 10.1. The van der Waals surface area contributed by atoms with Crippen LogP contribution in [0, 0.1) is 0 Å². The van der Waals surface area contributed by atoms with Crippen molar-refractivity contribution in [3.8, 4) is 0 Å². The van der Waals surface area contributed by atoms with Crippen molar-refractivity contribution in [1.29, 1.82) is 0 Å². The summed E-state index contributed by atoms with van der Waals surface area (Å²) in [5, 5.41) is 2.66. The second kappa shape index (κ2) is 7.89. The second-order valence-corrected chi connectivity index (χ2v) is 8.06. The van der Waals surface area contributed by atoms with E-state index in [1.165, 1.54) is 35.7 Å². The van der Waals surface area contributed by atoms with Crippen molar-refractivity contribution in [3.05, 3.63) is 59.7 Å². The van der Waals surface area contributed by atoms with Gasteiger partial charge in [-0.05, 0) is 49.2 Å². The maximum Gasteiger partial charge on any atom is 0.339 e. The Hall–Kier alpha value is -2.71. The van der Waals surface area contributed by atoms with Crippen molar-refractivity contribution in [2.75, 3.05) is 25.5 Å². The molecule has 0 saturated carbocycles. The van der Waals surface area contributed by atoms with Crippen LogP contribution in [0.25, 0.3) is 0 Å². The van der Waals surface area contributed by atoms with Crippen molar-refractivity contribution in [2.24, 2.45) is 0 Å². The predicted molar refractivity (Wildman–Crippen MR) is 100 cm³/mol. The number of benzene rings is 2. The van der Waals surface area contributed by atoms with Crippen LogP contribution < -0.4 is 5.32 Å². The first-order valence-electron chi connectivity index (χ1n) is 8.52. The van der Waals surface area contributed by atoms with E-state index in [2.05, 4.69) is 5.32 Å². The molecule has 1 aliphatic rings. The quantitative estimate of drug-likeness (QED) is 0.795. The van der Waals surface area contributed by atoms with Crippen LogP contribution in [0.3, 0.4) is 0 Å². The highest BCUT2D eigenvalue weighted by Gasteiger charge is 2.27. The third kappa shape index (κ3) is 4.01. The Labute approximate surface area is 158 Å². The maximum atomic E-state index is 12.5. The minimum absolute atomic E-state index is 0.163. The zero-order chi connectivity index (χ0) is 19.4. The monoisotopic (exact) mass is 388 g/mol.